The first-order chi connectivity index (χ1) is 11.9. The van der Waals surface area contributed by atoms with Gasteiger partial charge in [0.15, 0.2) is 0 Å². The molecule has 1 saturated heterocycles. The van der Waals surface area contributed by atoms with Gasteiger partial charge in [0, 0.05) is 13.1 Å². The molecule has 0 spiro atoms. The Hall–Kier alpha value is -1.96. The lowest BCUT2D eigenvalue weighted by molar-refractivity contribution is 0.123. The third-order valence-electron chi connectivity index (χ3n) is 3.96. The second-order valence-electron chi connectivity index (χ2n) is 5.81. The zero-order valence-electron chi connectivity index (χ0n) is 13.7. The third-order valence-corrected chi connectivity index (χ3v) is 5.66. The highest BCUT2D eigenvalue weighted by Gasteiger charge is 2.24. The molecule has 0 bridgehead atoms. The maximum Gasteiger partial charge on any atom is 0.265 e. The number of para-hydroxylation sites is 1. The monoisotopic (exact) mass is 382 g/mol. The Balaban J connectivity index is 2.00. The smallest absolute Gasteiger partial charge is 0.265 e. The fourth-order valence-electron chi connectivity index (χ4n) is 2.74. The van der Waals surface area contributed by atoms with E-state index < -0.39 is 10.0 Å². The number of ether oxygens (including phenoxy) is 1. The van der Waals surface area contributed by atoms with Gasteiger partial charge in [-0.15, -0.1) is 0 Å². The summed E-state index contributed by atoms with van der Waals surface area (Å²) in [5.74, 6) is -0.298. The Morgan fingerprint density at radius 3 is 2.64 bits per heavy atom. The fraction of sp³-hybridized carbons (Fsp3) is 0.294. The number of hydrogen-bond donors (Lipinski definition) is 2. The van der Waals surface area contributed by atoms with E-state index in [9.17, 15) is 13.5 Å². The van der Waals surface area contributed by atoms with Crippen LogP contribution in [0.3, 0.4) is 0 Å². The molecule has 2 aromatic rings. The van der Waals surface area contributed by atoms with Crippen molar-refractivity contribution in [3.63, 3.8) is 0 Å². The number of phenols is 1. The number of aromatic hydroxyl groups is 1. The number of aryl methyl sites for hydroxylation is 1. The minimum Gasteiger partial charge on any atom is -0.507 e. The number of nitrogens with one attached hydrogen (secondary N) is 1. The van der Waals surface area contributed by atoms with Crippen LogP contribution in [0.4, 0.5) is 11.4 Å². The number of anilines is 2. The van der Waals surface area contributed by atoms with Crippen LogP contribution >= 0.6 is 11.6 Å². The van der Waals surface area contributed by atoms with Gasteiger partial charge in [-0.05, 0) is 36.8 Å². The van der Waals surface area contributed by atoms with Gasteiger partial charge >= 0.3 is 0 Å². The Kier molecular flexibility index (Phi) is 5.08. The SMILES string of the molecule is Cc1ccc(O)c(S(=O)(=O)Nc2cccc(Cl)c2N2CCOCC2)c1. The van der Waals surface area contributed by atoms with Crippen molar-refractivity contribution in [2.75, 3.05) is 35.9 Å². The first kappa shape index (κ1) is 17.8. The molecule has 1 fully saturated rings. The van der Waals surface area contributed by atoms with E-state index in [-0.39, 0.29) is 10.6 Å². The van der Waals surface area contributed by atoms with Crippen LogP contribution in [0.1, 0.15) is 5.56 Å². The topological polar surface area (TPSA) is 78.9 Å². The fourth-order valence-corrected chi connectivity index (χ4v) is 4.29. The molecule has 25 heavy (non-hydrogen) atoms. The highest BCUT2D eigenvalue weighted by Crippen LogP contribution is 2.36. The van der Waals surface area contributed by atoms with Crippen LogP contribution in [0.15, 0.2) is 41.3 Å². The number of halogens is 1. The number of benzene rings is 2. The van der Waals surface area contributed by atoms with Crippen LogP contribution in [0.5, 0.6) is 5.75 Å². The molecular formula is C17H19ClN2O4S. The van der Waals surface area contributed by atoms with Crippen LogP contribution < -0.4 is 9.62 Å². The Bertz CT molecular complexity index is 880. The van der Waals surface area contributed by atoms with Gasteiger partial charge in [0.1, 0.15) is 10.6 Å². The van der Waals surface area contributed by atoms with Crippen molar-refractivity contribution >= 4 is 33.0 Å². The van der Waals surface area contributed by atoms with Gasteiger partial charge in [-0.1, -0.05) is 23.7 Å². The number of phenolic OH excluding ortho intramolecular Hbond substituents is 1. The van der Waals surface area contributed by atoms with Crippen molar-refractivity contribution in [3.05, 3.63) is 47.0 Å². The summed E-state index contributed by atoms with van der Waals surface area (Å²) in [4.78, 5) is 1.82. The van der Waals surface area contributed by atoms with Crippen molar-refractivity contribution in [1.29, 1.82) is 0 Å². The average Bonchev–Trinajstić information content (AvgIpc) is 2.57. The number of rotatable bonds is 4. The Morgan fingerprint density at radius 2 is 1.92 bits per heavy atom. The summed E-state index contributed by atoms with van der Waals surface area (Å²) in [6.07, 6.45) is 0. The summed E-state index contributed by atoms with van der Waals surface area (Å²) >= 11 is 6.33. The van der Waals surface area contributed by atoms with Crippen LogP contribution in [0.2, 0.25) is 5.02 Å². The molecule has 0 aromatic heterocycles. The molecule has 0 unspecified atom stereocenters. The molecule has 0 radical (unpaired) electrons. The van der Waals surface area contributed by atoms with Crippen LogP contribution in [0, 0.1) is 6.92 Å². The van der Waals surface area contributed by atoms with Gasteiger partial charge in [0.05, 0.1) is 29.6 Å². The van der Waals surface area contributed by atoms with Crippen molar-refractivity contribution in [2.45, 2.75) is 11.8 Å². The van der Waals surface area contributed by atoms with Crippen LogP contribution in [-0.2, 0) is 14.8 Å². The van der Waals surface area contributed by atoms with E-state index in [1.807, 2.05) is 4.90 Å². The standard InChI is InChI=1S/C17H19ClN2O4S/c1-12-5-6-15(21)16(11-12)25(22,23)19-14-4-2-3-13(18)17(14)20-7-9-24-10-8-20/h2-6,11,19,21H,7-10H2,1H3. The summed E-state index contributed by atoms with van der Waals surface area (Å²) in [5.41, 5.74) is 1.72. The first-order valence-corrected chi connectivity index (χ1v) is 9.68. The largest absolute Gasteiger partial charge is 0.507 e. The molecule has 1 aliphatic rings. The lowest BCUT2D eigenvalue weighted by atomic mass is 10.2. The molecule has 0 saturated carbocycles. The van der Waals surface area contributed by atoms with E-state index in [0.717, 1.165) is 5.56 Å². The van der Waals surface area contributed by atoms with Gasteiger partial charge in [-0.2, -0.15) is 0 Å². The van der Waals surface area contributed by atoms with Gasteiger partial charge in [0.25, 0.3) is 10.0 Å². The number of nitrogens with zero attached hydrogens (tertiary/aromatic N) is 1. The zero-order valence-corrected chi connectivity index (χ0v) is 15.3. The maximum absolute atomic E-state index is 12.8. The molecule has 8 heteroatoms. The predicted molar refractivity (Wildman–Crippen MR) is 98.1 cm³/mol. The van der Waals surface area contributed by atoms with Crippen molar-refractivity contribution < 1.29 is 18.3 Å². The molecule has 1 aliphatic heterocycles. The summed E-state index contributed by atoms with van der Waals surface area (Å²) in [6.45, 7) is 4.10. The Labute approximate surface area is 152 Å². The van der Waals surface area contributed by atoms with E-state index in [1.54, 1.807) is 31.2 Å². The molecule has 1 heterocycles. The lowest BCUT2D eigenvalue weighted by Crippen LogP contribution is -2.37. The average molecular weight is 383 g/mol. The molecule has 2 aromatic carbocycles. The second-order valence-corrected chi connectivity index (χ2v) is 7.87. The summed E-state index contributed by atoms with van der Waals surface area (Å²) in [7, 11) is -3.96. The molecule has 0 atom stereocenters. The van der Waals surface area contributed by atoms with Crippen LogP contribution in [0.25, 0.3) is 0 Å². The number of hydrogen-bond acceptors (Lipinski definition) is 5. The predicted octanol–water partition coefficient (Wildman–Crippen LogP) is 2.99. The highest BCUT2D eigenvalue weighted by atomic mass is 35.5. The maximum atomic E-state index is 12.8. The zero-order chi connectivity index (χ0) is 18.0. The summed E-state index contributed by atoms with van der Waals surface area (Å²) in [6, 6.07) is 9.49. The number of sulfonamides is 1. The lowest BCUT2D eigenvalue weighted by Gasteiger charge is -2.31. The quantitative estimate of drug-likeness (QED) is 0.849. The van der Waals surface area contributed by atoms with E-state index in [1.165, 1.54) is 12.1 Å². The van der Waals surface area contributed by atoms with Gasteiger partial charge in [-0.3, -0.25) is 4.72 Å². The molecule has 6 nitrogen and oxygen atoms in total. The van der Waals surface area contributed by atoms with E-state index in [2.05, 4.69) is 4.72 Å². The molecule has 134 valence electrons. The second kappa shape index (κ2) is 7.11. The summed E-state index contributed by atoms with van der Waals surface area (Å²) < 4.78 is 33.4. The molecule has 0 amide bonds. The molecule has 3 rings (SSSR count). The molecule has 2 N–H and O–H groups in total. The minimum absolute atomic E-state index is 0.166. The van der Waals surface area contributed by atoms with Crippen molar-refractivity contribution in [3.8, 4) is 5.75 Å². The first-order valence-electron chi connectivity index (χ1n) is 7.82. The van der Waals surface area contributed by atoms with Crippen LogP contribution in [-0.4, -0.2) is 39.8 Å². The van der Waals surface area contributed by atoms with Gasteiger partial charge < -0.3 is 14.7 Å². The molecule has 0 aliphatic carbocycles. The minimum atomic E-state index is -3.96. The summed E-state index contributed by atoms with van der Waals surface area (Å²) in [5, 5.41) is 10.4. The third kappa shape index (κ3) is 3.84. The Morgan fingerprint density at radius 1 is 1.20 bits per heavy atom. The van der Waals surface area contributed by atoms with Gasteiger partial charge in [-0.25, -0.2) is 8.42 Å². The number of morpholine rings is 1. The van der Waals surface area contributed by atoms with Gasteiger partial charge in [0.2, 0.25) is 0 Å². The molecular weight excluding hydrogens is 364 g/mol. The van der Waals surface area contributed by atoms with E-state index in [0.29, 0.717) is 42.7 Å². The van der Waals surface area contributed by atoms with Crippen molar-refractivity contribution in [1.82, 2.24) is 0 Å². The van der Waals surface area contributed by atoms with E-state index in [4.69, 9.17) is 16.3 Å². The van der Waals surface area contributed by atoms with Crippen molar-refractivity contribution in [2.24, 2.45) is 0 Å². The van der Waals surface area contributed by atoms with E-state index >= 15 is 0 Å². The highest BCUT2D eigenvalue weighted by molar-refractivity contribution is 7.92. The normalized spacial score (nSPS) is 15.2.